The van der Waals surface area contributed by atoms with Crippen LogP contribution in [0.5, 0.6) is 0 Å². The molecule has 4 N–H and O–H groups in total. The number of carbonyl (C=O) groups excluding carboxylic acids is 1. The lowest BCUT2D eigenvalue weighted by Crippen LogP contribution is -2.42. The Labute approximate surface area is 125 Å². The van der Waals surface area contributed by atoms with Gasteiger partial charge in [-0.05, 0) is 51.7 Å². The monoisotopic (exact) mass is 295 g/mol. The van der Waals surface area contributed by atoms with Gasteiger partial charge in [0.2, 0.25) is 0 Å². The van der Waals surface area contributed by atoms with Gasteiger partial charge in [0, 0.05) is 18.8 Å². The molecule has 0 spiro atoms. The van der Waals surface area contributed by atoms with E-state index in [9.17, 15) is 4.79 Å². The molecule has 0 saturated heterocycles. The number of alkyl carbamates (subject to hydrolysis) is 1. The number of pyridine rings is 1. The quantitative estimate of drug-likeness (QED) is 0.732. The van der Waals surface area contributed by atoms with E-state index in [1.165, 1.54) is 0 Å². The zero-order valence-electron chi connectivity index (χ0n) is 13.1. The number of hydrogen-bond acceptors (Lipinski definition) is 5. The first-order valence-electron chi connectivity index (χ1n) is 7.01. The lowest BCUT2D eigenvalue weighted by molar-refractivity contribution is 0.0500. The highest BCUT2D eigenvalue weighted by molar-refractivity contribution is 5.68. The molecule has 1 aliphatic carbocycles. The van der Waals surface area contributed by atoms with E-state index in [-0.39, 0.29) is 12.1 Å². The summed E-state index contributed by atoms with van der Waals surface area (Å²) in [7, 11) is 1.00. The molecule has 21 heavy (non-hydrogen) atoms. The third kappa shape index (κ3) is 5.59. The van der Waals surface area contributed by atoms with Crippen molar-refractivity contribution in [2.24, 2.45) is 0 Å². The molecule has 1 aromatic heterocycles. The number of fused-ring (bicyclic) bond motifs is 1. The van der Waals surface area contributed by atoms with Gasteiger partial charge in [-0.25, -0.2) is 4.79 Å². The van der Waals surface area contributed by atoms with Crippen molar-refractivity contribution in [2.45, 2.75) is 51.7 Å². The van der Waals surface area contributed by atoms with Crippen LogP contribution in [0.15, 0.2) is 12.3 Å². The molecule has 1 heterocycles. The van der Waals surface area contributed by atoms with Crippen LogP contribution in [0.2, 0.25) is 0 Å². The third-order valence-corrected chi connectivity index (χ3v) is 3.00. The maximum absolute atomic E-state index is 11.7. The molecular weight excluding hydrogens is 270 g/mol. The van der Waals surface area contributed by atoms with Gasteiger partial charge < -0.3 is 20.9 Å². The molecule has 6 nitrogen and oxygen atoms in total. The summed E-state index contributed by atoms with van der Waals surface area (Å²) in [6, 6.07) is 2.02. The summed E-state index contributed by atoms with van der Waals surface area (Å²) in [6.45, 7) is 5.56. The van der Waals surface area contributed by atoms with Gasteiger partial charge in [-0.15, -0.1) is 0 Å². The van der Waals surface area contributed by atoms with Crippen molar-refractivity contribution < 1.29 is 14.6 Å². The fourth-order valence-electron chi connectivity index (χ4n) is 2.23. The largest absolute Gasteiger partial charge is 0.444 e. The van der Waals surface area contributed by atoms with Crippen molar-refractivity contribution >= 4 is 11.8 Å². The zero-order valence-corrected chi connectivity index (χ0v) is 13.1. The third-order valence-electron chi connectivity index (χ3n) is 3.00. The second-order valence-electron chi connectivity index (χ2n) is 5.96. The fraction of sp³-hybridized carbons (Fsp3) is 0.600. The number of carbonyl (C=O) groups is 1. The standard InChI is InChI=1S/C14H21N3O2.CH4O/c1-14(2,3)19-13(18)17-11-4-5-12-9(7-11)6-10(15)8-16-12;1-2/h6,8,11H,4-5,7,15H2,1-3H3,(H,17,18);2H,1H3. The molecule has 2 rings (SSSR count). The highest BCUT2D eigenvalue weighted by Gasteiger charge is 2.23. The van der Waals surface area contributed by atoms with Gasteiger partial charge in [-0.3, -0.25) is 4.98 Å². The van der Waals surface area contributed by atoms with E-state index >= 15 is 0 Å². The SMILES string of the molecule is CC(C)(C)OC(=O)NC1CCc2ncc(N)cc2C1.CO. The lowest BCUT2D eigenvalue weighted by atomic mass is 9.92. The number of aromatic nitrogens is 1. The summed E-state index contributed by atoms with van der Waals surface area (Å²) in [5, 5.41) is 9.91. The average Bonchev–Trinajstić information content (AvgIpc) is 2.38. The van der Waals surface area contributed by atoms with E-state index < -0.39 is 5.60 Å². The molecule has 6 heteroatoms. The van der Waals surface area contributed by atoms with Crippen LogP contribution in [0.4, 0.5) is 10.5 Å². The van der Waals surface area contributed by atoms with Crippen LogP contribution in [0.1, 0.15) is 38.4 Å². The number of aliphatic hydroxyl groups is 1. The second kappa shape index (κ2) is 7.26. The molecule has 0 aromatic carbocycles. The van der Waals surface area contributed by atoms with E-state index in [0.29, 0.717) is 5.69 Å². The summed E-state index contributed by atoms with van der Waals surface area (Å²) in [5.74, 6) is 0. The molecule has 0 saturated carbocycles. The van der Waals surface area contributed by atoms with E-state index in [1.807, 2.05) is 26.8 Å². The van der Waals surface area contributed by atoms with Crippen LogP contribution in [-0.4, -0.2) is 34.9 Å². The number of nitrogens with two attached hydrogens (primary N) is 1. The minimum absolute atomic E-state index is 0.0888. The lowest BCUT2D eigenvalue weighted by Gasteiger charge is -2.27. The van der Waals surface area contributed by atoms with Gasteiger partial charge in [0.05, 0.1) is 11.9 Å². The highest BCUT2D eigenvalue weighted by atomic mass is 16.6. The summed E-state index contributed by atoms with van der Waals surface area (Å²) in [5.41, 5.74) is 8.13. The molecule has 0 radical (unpaired) electrons. The predicted molar refractivity (Wildman–Crippen MR) is 82.0 cm³/mol. The molecule has 118 valence electrons. The number of nitrogens with one attached hydrogen (secondary N) is 1. The zero-order chi connectivity index (χ0) is 16.0. The molecule has 1 aromatic rings. The Morgan fingerprint density at radius 3 is 2.76 bits per heavy atom. The number of hydrogen-bond donors (Lipinski definition) is 3. The molecule has 0 bridgehead atoms. The number of amides is 1. The normalized spacial score (nSPS) is 17.1. The van der Waals surface area contributed by atoms with E-state index in [2.05, 4.69) is 10.3 Å². The molecule has 1 aliphatic rings. The van der Waals surface area contributed by atoms with Gasteiger partial charge >= 0.3 is 6.09 Å². The van der Waals surface area contributed by atoms with Gasteiger partial charge in [-0.1, -0.05) is 0 Å². The Balaban J connectivity index is 0.00000106. The van der Waals surface area contributed by atoms with Gasteiger partial charge in [0.1, 0.15) is 5.60 Å². The van der Waals surface area contributed by atoms with Gasteiger partial charge in [0.15, 0.2) is 0 Å². The van der Waals surface area contributed by atoms with E-state index in [4.69, 9.17) is 15.6 Å². The van der Waals surface area contributed by atoms with Crippen LogP contribution < -0.4 is 11.1 Å². The molecule has 1 unspecified atom stereocenters. The number of nitrogens with zero attached hydrogens (tertiary/aromatic N) is 1. The molecule has 1 atom stereocenters. The number of ether oxygens (including phenoxy) is 1. The summed E-state index contributed by atoms with van der Waals surface area (Å²) in [6.07, 6.45) is 3.81. The summed E-state index contributed by atoms with van der Waals surface area (Å²) in [4.78, 5) is 16.1. The van der Waals surface area contributed by atoms with Crippen LogP contribution in [0, 0.1) is 0 Å². The van der Waals surface area contributed by atoms with Crippen molar-refractivity contribution in [3.63, 3.8) is 0 Å². The van der Waals surface area contributed by atoms with Crippen molar-refractivity contribution in [1.82, 2.24) is 10.3 Å². The number of anilines is 1. The molecular formula is C15H25N3O3. The predicted octanol–water partition coefficient (Wildman–Crippen LogP) is 1.65. The average molecular weight is 295 g/mol. The highest BCUT2D eigenvalue weighted by Crippen LogP contribution is 2.21. The number of aliphatic hydroxyl groups excluding tert-OH is 1. The first-order valence-corrected chi connectivity index (χ1v) is 7.01. The minimum Gasteiger partial charge on any atom is -0.444 e. The van der Waals surface area contributed by atoms with Crippen molar-refractivity contribution in [1.29, 1.82) is 0 Å². The van der Waals surface area contributed by atoms with Crippen LogP contribution in [0.3, 0.4) is 0 Å². The van der Waals surface area contributed by atoms with Crippen molar-refractivity contribution in [2.75, 3.05) is 12.8 Å². The van der Waals surface area contributed by atoms with E-state index in [1.54, 1.807) is 6.20 Å². The molecule has 0 fully saturated rings. The van der Waals surface area contributed by atoms with Crippen LogP contribution in [-0.2, 0) is 17.6 Å². The first-order chi connectivity index (χ1) is 9.83. The van der Waals surface area contributed by atoms with E-state index in [0.717, 1.165) is 37.6 Å². The van der Waals surface area contributed by atoms with Gasteiger partial charge in [0.25, 0.3) is 0 Å². The Morgan fingerprint density at radius 1 is 1.48 bits per heavy atom. The Hall–Kier alpha value is -1.82. The summed E-state index contributed by atoms with van der Waals surface area (Å²) >= 11 is 0. The fourth-order valence-corrected chi connectivity index (χ4v) is 2.23. The Bertz CT molecular complexity index is 484. The van der Waals surface area contributed by atoms with Crippen molar-refractivity contribution in [3.05, 3.63) is 23.5 Å². The topological polar surface area (TPSA) is 97.5 Å². The maximum atomic E-state index is 11.7. The number of rotatable bonds is 1. The number of aryl methyl sites for hydroxylation is 1. The smallest absolute Gasteiger partial charge is 0.407 e. The number of nitrogen functional groups attached to an aromatic ring is 1. The van der Waals surface area contributed by atoms with Crippen LogP contribution in [0.25, 0.3) is 0 Å². The Kier molecular flexibility index (Phi) is 5.96. The maximum Gasteiger partial charge on any atom is 0.407 e. The second-order valence-corrected chi connectivity index (χ2v) is 5.96. The molecule has 1 amide bonds. The summed E-state index contributed by atoms with van der Waals surface area (Å²) < 4.78 is 5.26. The molecule has 0 aliphatic heterocycles. The van der Waals surface area contributed by atoms with Gasteiger partial charge in [-0.2, -0.15) is 0 Å². The minimum atomic E-state index is -0.470. The first kappa shape index (κ1) is 17.2. The Morgan fingerprint density at radius 2 is 2.14 bits per heavy atom. The van der Waals surface area contributed by atoms with Crippen molar-refractivity contribution in [3.8, 4) is 0 Å². The van der Waals surface area contributed by atoms with Crippen LogP contribution >= 0.6 is 0 Å².